The minimum atomic E-state index is -0.380. The first kappa shape index (κ1) is 15.4. The van der Waals surface area contributed by atoms with Crippen LogP contribution in [-0.4, -0.2) is 51.5 Å². The molecule has 0 bridgehead atoms. The molecule has 0 aromatic carbocycles. The zero-order valence-electron chi connectivity index (χ0n) is 11.6. The zero-order valence-corrected chi connectivity index (χ0v) is 11.6. The van der Waals surface area contributed by atoms with Crippen LogP contribution in [0.4, 0.5) is 0 Å². The second-order valence-electron chi connectivity index (χ2n) is 4.93. The lowest BCUT2D eigenvalue weighted by Gasteiger charge is -2.33. The van der Waals surface area contributed by atoms with Gasteiger partial charge in [0, 0.05) is 20.3 Å². The van der Waals surface area contributed by atoms with Gasteiger partial charge in [-0.15, -0.1) is 0 Å². The molecular formula is C13H26N2O3. The van der Waals surface area contributed by atoms with Crippen LogP contribution in [0.2, 0.25) is 0 Å². The summed E-state index contributed by atoms with van der Waals surface area (Å²) in [6.07, 6.45) is 4.04. The molecule has 0 aromatic heterocycles. The molecule has 0 spiro atoms. The molecule has 0 radical (unpaired) electrons. The van der Waals surface area contributed by atoms with Crippen molar-refractivity contribution < 1.29 is 14.3 Å². The smallest absolute Gasteiger partial charge is 0.240 e. The van der Waals surface area contributed by atoms with Crippen LogP contribution in [0.5, 0.6) is 0 Å². The van der Waals surface area contributed by atoms with E-state index < -0.39 is 0 Å². The fourth-order valence-corrected chi connectivity index (χ4v) is 2.07. The van der Waals surface area contributed by atoms with E-state index in [0.29, 0.717) is 26.4 Å². The molecule has 1 fully saturated rings. The number of piperidine rings is 1. The van der Waals surface area contributed by atoms with Crippen LogP contribution in [0.15, 0.2) is 0 Å². The lowest BCUT2D eigenvalue weighted by Crippen LogP contribution is -2.57. The molecule has 1 amide bonds. The monoisotopic (exact) mass is 258 g/mol. The van der Waals surface area contributed by atoms with Gasteiger partial charge in [-0.1, -0.05) is 0 Å². The van der Waals surface area contributed by atoms with Gasteiger partial charge in [-0.25, -0.2) is 0 Å². The van der Waals surface area contributed by atoms with E-state index in [1.807, 2.05) is 6.92 Å². The van der Waals surface area contributed by atoms with Crippen LogP contribution in [0.1, 0.15) is 32.6 Å². The van der Waals surface area contributed by atoms with Crippen molar-refractivity contribution in [3.8, 4) is 0 Å². The van der Waals surface area contributed by atoms with Gasteiger partial charge in [-0.3, -0.25) is 4.79 Å². The van der Waals surface area contributed by atoms with E-state index in [9.17, 15) is 4.79 Å². The number of methoxy groups -OCH3 is 1. The number of hydrogen-bond donors (Lipinski definition) is 2. The largest absolute Gasteiger partial charge is 0.382 e. The Bertz CT molecular complexity index is 240. The topological polar surface area (TPSA) is 59.6 Å². The van der Waals surface area contributed by atoms with Crippen LogP contribution in [0, 0.1) is 0 Å². The Balaban J connectivity index is 2.05. The number of amides is 1. The number of carbonyl (C=O) groups is 1. The average molecular weight is 258 g/mol. The number of ether oxygens (including phenoxy) is 2. The molecule has 1 aliphatic rings. The van der Waals surface area contributed by atoms with Gasteiger partial charge in [0.25, 0.3) is 0 Å². The fraction of sp³-hybridized carbons (Fsp3) is 0.923. The molecule has 2 N–H and O–H groups in total. The van der Waals surface area contributed by atoms with Crippen molar-refractivity contribution in [1.82, 2.24) is 10.6 Å². The highest BCUT2D eigenvalue weighted by Gasteiger charge is 2.33. The van der Waals surface area contributed by atoms with Gasteiger partial charge in [-0.05, 0) is 39.2 Å². The molecule has 5 nitrogen and oxygen atoms in total. The molecule has 1 unspecified atom stereocenters. The van der Waals surface area contributed by atoms with E-state index >= 15 is 0 Å². The predicted octanol–water partition coefficient (Wildman–Crippen LogP) is 0.688. The third kappa shape index (κ3) is 5.33. The predicted molar refractivity (Wildman–Crippen MR) is 70.6 cm³/mol. The fourth-order valence-electron chi connectivity index (χ4n) is 2.07. The third-order valence-electron chi connectivity index (χ3n) is 3.30. The zero-order chi connectivity index (χ0) is 13.3. The van der Waals surface area contributed by atoms with E-state index in [1.165, 1.54) is 0 Å². The SMILES string of the molecule is COCCOCCCNC(=O)C1(C)CCCCN1. The number of rotatable bonds is 8. The Hall–Kier alpha value is -0.650. The van der Waals surface area contributed by atoms with Gasteiger partial charge >= 0.3 is 0 Å². The highest BCUT2D eigenvalue weighted by Crippen LogP contribution is 2.18. The van der Waals surface area contributed by atoms with Crippen molar-refractivity contribution in [2.75, 3.05) is 40.0 Å². The molecule has 1 saturated heterocycles. The van der Waals surface area contributed by atoms with E-state index in [2.05, 4.69) is 10.6 Å². The van der Waals surface area contributed by atoms with Crippen LogP contribution < -0.4 is 10.6 Å². The maximum Gasteiger partial charge on any atom is 0.240 e. The van der Waals surface area contributed by atoms with E-state index in [1.54, 1.807) is 7.11 Å². The lowest BCUT2D eigenvalue weighted by atomic mass is 9.90. The Labute approximate surface area is 110 Å². The first-order valence-corrected chi connectivity index (χ1v) is 6.79. The Morgan fingerprint density at radius 3 is 2.83 bits per heavy atom. The highest BCUT2D eigenvalue weighted by atomic mass is 16.5. The molecule has 1 atom stereocenters. The van der Waals surface area contributed by atoms with Crippen LogP contribution in [0.3, 0.4) is 0 Å². The summed E-state index contributed by atoms with van der Waals surface area (Å²) in [5, 5.41) is 6.28. The quantitative estimate of drug-likeness (QED) is 0.629. The molecule has 106 valence electrons. The molecule has 0 aromatic rings. The highest BCUT2D eigenvalue weighted by molar-refractivity contribution is 5.85. The van der Waals surface area contributed by atoms with Crippen molar-refractivity contribution >= 4 is 5.91 Å². The summed E-state index contributed by atoms with van der Waals surface area (Å²) < 4.78 is 10.2. The van der Waals surface area contributed by atoms with Crippen molar-refractivity contribution in [3.05, 3.63) is 0 Å². The number of hydrogen-bond acceptors (Lipinski definition) is 4. The Morgan fingerprint density at radius 1 is 1.33 bits per heavy atom. The third-order valence-corrected chi connectivity index (χ3v) is 3.30. The number of nitrogens with one attached hydrogen (secondary N) is 2. The summed E-state index contributed by atoms with van der Waals surface area (Å²) in [6.45, 7) is 5.48. The molecule has 0 saturated carbocycles. The standard InChI is InChI=1S/C13H26N2O3/c1-13(6-3-4-8-15-13)12(16)14-7-5-9-18-11-10-17-2/h15H,3-11H2,1-2H3,(H,14,16). The van der Waals surface area contributed by atoms with Crippen LogP contribution >= 0.6 is 0 Å². The van der Waals surface area contributed by atoms with Crippen molar-refractivity contribution in [3.63, 3.8) is 0 Å². The molecule has 1 rings (SSSR count). The number of carbonyl (C=O) groups excluding carboxylic acids is 1. The molecule has 18 heavy (non-hydrogen) atoms. The molecule has 1 heterocycles. The maximum absolute atomic E-state index is 12.0. The second-order valence-corrected chi connectivity index (χ2v) is 4.93. The van der Waals surface area contributed by atoms with Gasteiger partial charge < -0.3 is 20.1 Å². The first-order valence-electron chi connectivity index (χ1n) is 6.79. The van der Waals surface area contributed by atoms with Gasteiger partial charge in [0.15, 0.2) is 0 Å². The summed E-state index contributed by atoms with van der Waals surface area (Å²) in [7, 11) is 1.65. The minimum absolute atomic E-state index is 0.110. The summed E-state index contributed by atoms with van der Waals surface area (Å²) >= 11 is 0. The second kappa shape index (κ2) is 8.45. The summed E-state index contributed by atoms with van der Waals surface area (Å²) in [5.74, 6) is 0.110. The summed E-state index contributed by atoms with van der Waals surface area (Å²) in [6, 6.07) is 0. The van der Waals surface area contributed by atoms with E-state index in [0.717, 1.165) is 32.2 Å². The Kier molecular flexibility index (Phi) is 7.23. The van der Waals surface area contributed by atoms with Crippen molar-refractivity contribution in [2.45, 2.75) is 38.1 Å². The molecule has 5 heteroatoms. The summed E-state index contributed by atoms with van der Waals surface area (Å²) in [4.78, 5) is 12.0. The first-order chi connectivity index (χ1) is 8.69. The average Bonchev–Trinajstić information content (AvgIpc) is 2.38. The molecule has 0 aliphatic carbocycles. The molecular weight excluding hydrogens is 232 g/mol. The van der Waals surface area contributed by atoms with Crippen LogP contribution in [-0.2, 0) is 14.3 Å². The van der Waals surface area contributed by atoms with E-state index in [4.69, 9.17) is 9.47 Å². The van der Waals surface area contributed by atoms with Gasteiger partial charge in [0.2, 0.25) is 5.91 Å². The maximum atomic E-state index is 12.0. The van der Waals surface area contributed by atoms with Crippen molar-refractivity contribution in [1.29, 1.82) is 0 Å². The van der Waals surface area contributed by atoms with Gasteiger partial charge in [0.05, 0.1) is 18.8 Å². The van der Waals surface area contributed by atoms with Gasteiger partial charge in [-0.2, -0.15) is 0 Å². The minimum Gasteiger partial charge on any atom is -0.382 e. The van der Waals surface area contributed by atoms with Crippen LogP contribution in [0.25, 0.3) is 0 Å². The lowest BCUT2D eigenvalue weighted by molar-refractivity contribution is -0.128. The Morgan fingerprint density at radius 2 is 2.17 bits per heavy atom. The normalized spacial score (nSPS) is 23.9. The van der Waals surface area contributed by atoms with Gasteiger partial charge in [0.1, 0.15) is 0 Å². The molecule has 1 aliphatic heterocycles. The van der Waals surface area contributed by atoms with E-state index in [-0.39, 0.29) is 11.4 Å². The summed E-state index contributed by atoms with van der Waals surface area (Å²) in [5.41, 5.74) is -0.380. The van der Waals surface area contributed by atoms with Crippen molar-refractivity contribution in [2.24, 2.45) is 0 Å².